The summed E-state index contributed by atoms with van der Waals surface area (Å²) in [6, 6.07) is 10.6. The van der Waals surface area contributed by atoms with E-state index in [4.69, 9.17) is 19.1 Å². The summed E-state index contributed by atoms with van der Waals surface area (Å²) in [5.74, 6) is -1.47. The van der Waals surface area contributed by atoms with Crippen LogP contribution in [-0.2, 0) is 13.2 Å². The largest absolute Gasteiger partial charge is 0.497 e. The molecule has 0 aliphatic heterocycles. The van der Waals surface area contributed by atoms with Gasteiger partial charge in [0.2, 0.25) is 0 Å². The summed E-state index contributed by atoms with van der Waals surface area (Å²) in [6.07, 6.45) is 0. The number of aromatic nitrogens is 1. The van der Waals surface area contributed by atoms with E-state index in [9.17, 15) is 8.78 Å². The summed E-state index contributed by atoms with van der Waals surface area (Å²) < 4.78 is 43.9. The van der Waals surface area contributed by atoms with Crippen LogP contribution in [0.25, 0.3) is 11.3 Å². The van der Waals surface area contributed by atoms with Crippen molar-refractivity contribution in [2.75, 3.05) is 7.11 Å². The molecule has 0 atom stereocenters. The van der Waals surface area contributed by atoms with Crippen LogP contribution < -0.4 is 9.47 Å². The minimum Gasteiger partial charge on any atom is -0.497 e. The van der Waals surface area contributed by atoms with Gasteiger partial charge in [0.1, 0.15) is 18.1 Å². The monoisotopic (exact) mass is 347 g/mol. The van der Waals surface area contributed by atoms with Crippen molar-refractivity contribution in [3.8, 4) is 22.8 Å². The average molecular weight is 347 g/mol. The van der Waals surface area contributed by atoms with E-state index in [-0.39, 0.29) is 30.2 Å². The van der Waals surface area contributed by atoms with Crippen molar-refractivity contribution in [3.63, 3.8) is 0 Å². The van der Waals surface area contributed by atoms with Gasteiger partial charge in [-0.15, -0.1) is 0 Å². The summed E-state index contributed by atoms with van der Waals surface area (Å²) in [5, 5.41) is 12.6. The van der Waals surface area contributed by atoms with Crippen LogP contribution in [0, 0.1) is 11.6 Å². The molecule has 3 aromatic rings. The SMILES string of the molecule is COc1ccc(COc2c(F)ccc(-c3cc(CO)no3)c2F)cc1. The molecule has 0 saturated heterocycles. The van der Waals surface area contributed by atoms with Gasteiger partial charge in [-0.3, -0.25) is 0 Å². The number of ether oxygens (including phenoxy) is 2. The molecule has 1 N–H and O–H groups in total. The van der Waals surface area contributed by atoms with E-state index in [2.05, 4.69) is 5.16 Å². The third kappa shape index (κ3) is 3.61. The van der Waals surface area contributed by atoms with E-state index in [0.29, 0.717) is 5.75 Å². The van der Waals surface area contributed by atoms with Gasteiger partial charge in [-0.25, -0.2) is 8.78 Å². The predicted molar refractivity (Wildman–Crippen MR) is 85.1 cm³/mol. The molecule has 0 spiro atoms. The Kier molecular flexibility index (Phi) is 4.95. The first kappa shape index (κ1) is 16.9. The first-order valence-corrected chi connectivity index (χ1v) is 7.43. The van der Waals surface area contributed by atoms with Crippen molar-refractivity contribution in [3.05, 3.63) is 65.4 Å². The summed E-state index contributed by atoms with van der Waals surface area (Å²) in [7, 11) is 1.55. The zero-order valence-corrected chi connectivity index (χ0v) is 13.3. The molecule has 0 unspecified atom stereocenters. The first-order valence-electron chi connectivity index (χ1n) is 7.43. The van der Waals surface area contributed by atoms with E-state index >= 15 is 0 Å². The number of rotatable bonds is 6. The number of methoxy groups -OCH3 is 1. The Hall–Kier alpha value is -2.93. The topological polar surface area (TPSA) is 64.7 Å². The van der Waals surface area contributed by atoms with Crippen molar-refractivity contribution >= 4 is 0 Å². The second-order valence-electron chi connectivity index (χ2n) is 5.22. The summed E-state index contributed by atoms with van der Waals surface area (Å²) in [5.41, 5.74) is 0.977. The zero-order valence-electron chi connectivity index (χ0n) is 13.3. The maximum atomic E-state index is 14.6. The Morgan fingerprint density at radius 1 is 1.12 bits per heavy atom. The molecule has 130 valence electrons. The number of hydrogen-bond acceptors (Lipinski definition) is 5. The Morgan fingerprint density at radius 3 is 2.52 bits per heavy atom. The highest BCUT2D eigenvalue weighted by atomic mass is 19.1. The zero-order chi connectivity index (χ0) is 17.8. The minimum atomic E-state index is -0.894. The van der Waals surface area contributed by atoms with E-state index in [0.717, 1.165) is 11.6 Å². The first-order chi connectivity index (χ1) is 12.1. The summed E-state index contributed by atoms with van der Waals surface area (Å²) >= 11 is 0. The van der Waals surface area contributed by atoms with E-state index in [1.54, 1.807) is 31.4 Å². The van der Waals surface area contributed by atoms with Gasteiger partial charge in [-0.1, -0.05) is 17.3 Å². The van der Waals surface area contributed by atoms with Crippen LogP contribution >= 0.6 is 0 Å². The van der Waals surface area contributed by atoms with Crippen LogP contribution in [0.15, 0.2) is 47.0 Å². The highest BCUT2D eigenvalue weighted by molar-refractivity contribution is 5.61. The van der Waals surface area contributed by atoms with Crippen molar-refractivity contribution in [1.29, 1.82) is 0 Å². The molecule has 7 heteroatoms. The smallest absolute Gasteiger partial charge is 0.191 e. The van der Waals surface area contributed by atoms with Gasteiger partial charge < -0.3 is 19.1 Å². The Balaban J connectivity index is 1.83. The van der Waals surface area contributed by atoms with Crippen LogP contribution in [0.4, 0.5) is 8.78 Å². The van der Waals surface area contributed by atoms with Gasteiger partial charge in [0.15, 0.2) is 23.1 Å². The van der Waals surface area contributed by atoms with Crippen LogP contribution in [0.3, 0.4) is 0 Å². The highest BCUT2D eigenvalue weighted by Crippen LogP contribution is 2.32. The number of aliphatic hydroxyl groups excluding tert-OH is 1. The summed E-state index contributed by atoms with van der Waals surface area (Å²) in [6.45, 7) is -0.354. The minimum absolute atomic E-state index is 0.00155. The van der Waals surface area contributed by atoms with Crippen LogP contribution in [0.5, 0.6) is 11.5 Å². The Morgan fingerprint density at radius 2 is 1.88 bits per heavy atom. The van der Waals surface area contributed by atoms with Crippen molar-refractivity contribution in [2.45, 2.75) is 13.2 Å². The molecule has 0 amide bonds. The van der Waals surface area contributed by atoms with Gasteiger partial charge in [0.05, 0.1) is 19.3 Å². The highest BCUT2D eigenvalue weighted by Gasteiger charge is 2.19. The van der Waals surface area contributed by atoms with Gasteiger partial charge in [-0.2, -0.15) is 0 Å². The number of benzene rings is 2. The number of aliphatic hydroxyl groups is 1. The van der Waals surface area contributed by atoms with Crippen molar-refractivity contribution in [1.82, 2.24) is 5.16 Å². The van der Waals surface area contributed by atoms with E-state index in [1.807, 2.05) is 0 Å². The van der Waals surface area contributed by atoms with Gasteiger partial charge >= 0.3 is 0 Å². The second-order valence-corrected chi connectivity index (χ2v) is 5.22. The van der Waals surface area contributed by atoms with E-state index in [1.165, 1.54) is 12.1 Å². The van der Waals surface area contributed by atoms with Crippen molar-refractivity contribution in [2.24, 2.45) is 0 Å². The Labute approximate surface area is 142 Å². The molecule has 0 bridgehead atoms. The third-order valence-corrected chi connectivity index (χ3v) is 3.58. The van der Waals surface area contributed by atoms with Crippen LogP contribution in [-0.4, -0.2) is 17.4 Å². The molecule has 25 heavy (non-hydrogen) atoms. The third-order valence-electron chi connectivity index (χ3n) is 3.58. The maximum absolute atomic E-state index is 14.6. The standard InChI is InChI=1S/C18H15F2NO4/c1-23-13-4-2-11(3-5-13)10-24-18-15(19)7-6-14(17(18)20)16-8-12(9-22)21-25-16/h2-8,22H,9-10H2,1H3. The predicted octanol–water partition coefficient (Wildman–Crippen LogP) is 3.70. The Bertz CT molecular complexity index is 862. The number of halogens is 2. The quantitative estimate of drug-likeness (QED) is 0.737. The molecule has 0 radical (unpaired) electrons. The molecular formula is C18H15F2NO4. The average Bonchev–Trinajstić information content (AvgIpc) is 3.11. The molecule has 0 aliphatic rings. The molecule has 0 saturated carbocycles. The van der Waals surface area contributed by atoms with Gasteiger partial charge in [-0.05, 0) is 29.8 Å². The van der Waals surface area contributed by atoms with Crippen LogP contribution in [0.2, 0.25) is 0 Å². The molecule has 5 nitrogen and oxygen atoms in total. The molecule has 1 aromatic heterocycles. The number of nitrogens with zero attached hydrogens (tertiary/aromatic N) is 1. The van der Waals surface area contributed by atoms with Gasteiger partial charge in [0, 0.05) is 6.07 Å². The fraction of sp³-hybridized carbons (Fsp3) is 0.167. The fourth-order valence-corrected chi connectivity index (χ4v) is 2.25. The molecule has 3 rings (SSSR count). The lowest BCUT2D eigenvalue weighted by atomic mass is 10.1. The molecular weight excluding hydrogens is 332 g/mol. The lowest BCUT2D eigenvalue weighted by molar-refractivity contribution is 0.266. The molecule has 2 aromatic carbocycles. The fourth-order valence-electron chi connectivity index (χ4n) is 2.25. The maximum Gasteiger partial charge on any atom is 0.191 e. The number of hydrogen-bond donors (Lipinski definition) is 1. The second kappa shape index (κ2) is 7.31. The normalized spacial score (nSPS) is 10.7. The summed E-state index contributed by atoms with van der Waals surface area (Å²) in [4.78, 5) is 0. The lowest BCUT2D eigenvalue weighted by Crippen LogP contribution is -2.01. The molecule has 0 aliphatic carbocycles. The van der Waals surface area contributed by atoms with E-state index < -0.39 is 17.4 Å². The molecule has 1 heterocycles. The van der Waals surface area contributed by atoms with Gasteiger partial charge in [0.25, 0.3) is 0 Å². The van der Waals surface area contributed by atoms with Crippen LogP contribution in [0.1, 0.15) is 11.3 Å². The molecule has 0 fully saturated rings. The lowest BCUT2D eigenvalue weighted by Gasteiger charge is -2.10. The van der Waals surface area contributed by atoms with Crippen molar-refractivity contribution < 1.29 is 27.9 Å².